The van der Waals surface area contributed by atoms with Crippen LogP contribution in [0.15, 0.2) is 54.2 Å². The Labute approximate surface area is 167 Å². The van der Waals surface area contributed by atoms with Crippen LogP contribution in [-0.2, 0) is 4.79 Å². The van der Waals surface area contributed by atoms with Gasteiger partial charge in [-0.25, -0.2) is 9.97 Å². The minimum atomic E-state index is -0.00623. The molecule has 6 nitrogen and oxygen atoms in total. The zero-order valence-corrected chi connectivity index (χ0v) is 16.0. The first-order chi connectivity index (χ1) is 13.7. The van der Waals surface area contributed by atoms with Crippen molar-refractivity contribution in [2.75, 3.05) is 23.3 Å². The number of pyridine rings is 1. The molecule has 2 aromatic heterocycles. The van der Waals surface area contributed by atoms with Crippen molar-refractivity contribution >= 4 is 28.7 Å². The van der Waals surface area contributed by atoms with Crippen molar-refractivity contribution in [3.63, 3.8) is 0 Å². The second-order valence-electron chi connectivity index (χ2n) is 6.68. The number of carbonyl (C=O) groups excluding carboxylic acids is 1. The molecule has 0 spiro atoms. The van der Waals surface area contributed by atoms with Gasteiger partial charge in [0.15, 0.2) is 0 Å². The van der Waals surface area contributed by atoms with Gasteiger partial charge in [-0.05, 0) is 49.2 Å². The highest BCUT2D eigenvalue weighted by Gasteiger charge is 2.25. The molecule has 1 aliphatic rings. The van der Waals surface area contributed by atoms with Crippen molar-refractivity contribution in [2.24, 2.45) is 5.92 Å². The normalized spacial score (nSPS) is 14.5. The lowest BCUT2D eigenvalue weighted by atomic mass is 9.95. The van der Waals surface area contributed by atoms with E-state index in [0.717, 1.165) is 48.0 Å². The van der Waals surface area contributed by atoms with E-state index in [2.05, 4.69) is 26.3 Å². The van der Waals surface area contributed by atoms with E-state index in [4.69, 9.17) is 5.26 Å². The van der Waals surface area contributed by atoms with Crippen molar-refractivity contribution in [3.8, 4) is 16.6 Å². The Kier molecular flexibility index (Phi) is 5.31. The van der Waals surface area contributed by atoms with E-state index in [0.29, 0.717) is 5.56 Å². The maximum absolute atomic E-state index is 12.6. The van der Waals surface area contributed by atoms with E-state index < -0.39 is 0 Å². The van der Waals surface area contributed by atoms with Gasteiger partial charge in [0.25, 0.3) is 0 Å². The SMILES string of the molecule is N#Cc1ccc(N2CCC(C(=O)Nc3ccc(-c4nccs4)cc3)CC2)nc1. The molecule has 1 amide bonds. The number of thiazole rings is 1. The molecule has 3 heterocycles. The third-order valence-corrected chi connectivity index (χ3v) is 5.72. The zero-order chi connectivity index (χ0) is 19.3. The molecule has 4 rings (SSSR count). The molecule has 0 aliphatic carbocycles. The van der Waals surface area contributed by atoms with Crippen molar-refractivity contribution < 1.29 is 4.79 Å². The number of rotatable bonds is 4. The molecule has 28 heavy (non-hydrogen) atoms. The van der Waals surface area contributed by atoms with Crippen molar-refractivity contribution in [1.82, 2.24) is 9.97 Å². The number of carbonyl (C=O) groups is 1. The lowest BCUT2D eigenvalue weighted by Gasteiger charge is -2.32. The largest absolute Gasteiger partial charge is 0.357 e. The first-order valence-corrected chi connectivity index (χ1v) is 10.0. The Morgan fingerprint density at radius 1 is 1.14 bits per heavy atom. The molecule has 0 saturated carbocycles. The minimum Gasteiger partial charge on any atom is -0.357 e. The lowest BCUT2D eigenvalue weighted by Crippen LogP contribution is -2.38. The zero-order valence-electron chi connectivity index (χ0n) is 15.2. The van der Waals surface area contributed by atoms with Crippen LogP contribution in [0.2, 0.25) is 0 Å². The monoisotopic (exact) mass is 389 g/mol. The number of piperidine rings is 1. The van der Waals surface area contributed by atoms with Crippen molar-refractivity contribution in [2.45, 2.75) is 12.8 Å². The molecular formula is C21H19N5OS. The molecule has 1 N–H and O–H groups in total. The fraction of sp³-hybridized carbons (Fsp3) is 0.238. The molecule has 3 aromatic rings. The molecule has 7 heteroatoms. The summed E-state index contributed by atoms with van der Waals surface area (Å²) in [5, 5.41) is 14.8. The molecule has 0 atom stereocenters. The summed E-state index contributed by atoms with van der Waals surface area (Å²) < 4.78 is 0. The summed E-state index contributed by atoms with van der Waals surface area (Å²) in [4.78, 5) is 23.4. The van der Waals surface area contributed by atoms with Gasteiger partial charge in [0.1, 0.15) is 16.9 Å². The fourth-order valence-electron chi connectivity index (χ4n) is 3.32. The van der Waals surface area contributed by atoms with Crippen LogP contribution in [-0.4, -0.2) is 29.0 Å². The topological polar surface area (TPSA) is 81.9 Å². The van der Waals surface area contributed by atoms with E-state index in [1.54, 1.807) is 29.8 Å². The van der Waals surface area contributed by atoms with Gasteiger partial charge < -0.3 is 10.2 Å². The second-order valence-corrected chi connectivity index (χ2v) is 7.58. The predicted octanol–water partition coefficient (Wildman–Crippen LogP) is 3.93. The summed E-state index contributed by atoms with van der Waals surface area (Å²) in [5.74, 6) is 0.915. The Morgan fingerprint density at radius 3 is 2.54 bits per heavy atom. The van der Waals surface area contributed by atoms with Crippen LogP contribution in [0.3, 0.4) is 0 Å². The number of benzene rings is 1. The van der Waals surface area contributed by atoms with Gasteiger partial charge in [-0.15, -0.1) is 11.3 Å². The average Bonchev–Trinajstić information content (AvgIpc) is 3.29. The number of nitrogens with zero attached hydrogens (tertiary/aromatic N) is 4. The number of nitrogens with one attached hydrogen (secondary N) is 1. The van der Waals surface area contributed by atoms with E-state index in [-0.39, 0.29) is 11.8 Å². The number of anilines is 2. The summed E-state index contributed by atoms with van der Waals surface area (Å²) in [6.07, 6.45) is 4.94. The molecular weight excluding hydrogens is 370 g/mol. The maximum atomic E-state index is 12.6. The third-order valence-electron chi connectivity index (χ3n) is 4.90. The molecule has 0 radical (unpaired) electrons. The Bertz CT molecular complexity index is 969. The molecule has 0 unspecified atom stereocenters. The van der Waals surface area contributed by atoms with Crippen LogP contribution in [0, 0.1) is 17.2 Å². The molecule has 140 valence electrons. The summed E-state index contributed by atoms with van der Waals surface area (Å²) in [5.41, 5.74) is 2.41. The Morgan fingerprint density at radius 2 is 1.93 bits per heavy atom. The molecule has 1 aliphatic heterocycles. The van der Waals surface area contributed by atoms with Gasteiger partial charge in [0.2, 0.25) is 5.91 Å². The highest BCUT2D eigenvalue weighted by Crippen LogP contribution is 2.25. The van der Waals surface area contributed by atoms with Crippen LogP contribution in [0.5, 0.6) is 0 Å². The van der Waals surface area contributed by atoms with E-state index in [1.807, 2.05) is 35.7 Å². The van der Waals surface area contributed by atoms with E-state index in [1.165, 1.54) is 0 Å². The molecule has 1 aromatic carbocycles. The van der Waals surface area contributed by atoms with Gasteiger partial charge in [0.05, 0.1) is 5.56 Å². The van der Waals surface area contributed by atoms with Crippen LogP contribution in [0.25, 0.3) is 10.6 Å². The van der Waals surface area contributed by atoms with Crippen molar-refractivity contribution in [1.29, 1.82) is 5.26 Å². The maximum Gasteiger partial charge on any atom is 0.227 e. The molecule has 0 bridgehead atoms. The first-order valence-electron chi connectivity index (χ1n) is 9.15. The van der Waals surface area contributed by atoms with Gasteiger partial charge in [-0.3, -0.25) is 4.79 Å². The van der Waals surface area contributed by atoms with Crippen LogP contribution < -0.4 is 10.2 Å². The minimum absolute atomic E-state index is 0.00623. The number of aromatic nitrogens is 2. The van der Waals surface area contributed by atoms with Crippen LogP contribution >= 0.6 is 11.3 Å². The molecule has 1 fully saturated rings. The Balaban J connectivity index is 1.32. The standard InChI is InChI=1S/C21H19N5OS/c22-13-15-1-6-19(24-14-15)26-10-7-16(8-11-26)20(27)25-18-4-2-17(3-5-18)21-23-9-12-28-21/h1-6,9,12,14,16H,7-8,10-11H2,(H,25,27). The lowest BCUT2D eigenvalue weighted by molar-refractivity contribution is -0.120. The van der Waals surface area contributed by atoms with Gasteiger partial charge in [-0.1, -0.05) is 0 Å². The van der Waals surface area contributed by atoms with Crippen molar-refractivity contribution in [3.05, 3.63) is 59.7 Å². The summed E-state index contributed by atoms with van der Waals surface area (Å²) in [7, 11) is 0. The smallest absolute Gasteiger partial charge is 0.227 e. The van der Waals surface area contributed by atoms with Crippen LogP contribution in [0.4, 0.5) is 11.5 Å². The number of nitriles is 1. The predicted molar refractivity (Wildman–Crippen MR) is 110 cm³/mol. The highest BCUT2D eigenvalue weighted by atomic mass is 32.1. The number of hydrogen-bond acceptors (Lipinski definition) is 6. The van der Waals surface area contributed by atoms with E-state index >= 15 is 0 Å². The number of hydrogen-bond donors (Lipinski definition) is 1. The second kappa shape index (κ2) is 8.19. The molecule has 1 saturated heterocycles. The van der Waals surface area contributed by atoms with Gasteiger partial charge in [0, 0.05) is 48.0 Å². The summed E-state index contributed by atoms with van der Waals surface area (Å²) in [6, 6.07) is 13.5. The summed E-state index contributed by atoms with van der Waals surface area (Å²) in [6.45, 7) is 1.56. The fourth-order valence-corrected chi connectivity index (χ4v) is 3.96. The summed E-state index contributed by atoms with van der Waals surface area (Å²) >= 11 is 1.59. The average molecular weight is 389 g/mol. The van der Waals surface area contributed by atoms with Crippen LogP contribution in [0.1, 0.15) is 18.4 Å². The van der Waals surface area contributed by atoms with Gasteiger partial charge >= 0.3 is 0 Å². The van der Waals surface area contributed by atoms with E-state index in [9.17, 15) is 4.79 Å². The Hall–Kier alpha value is -3.24. The highest BCUT2D eigenvalue weighted by molar-refractivity contribution is 7.13. The number of amides is 1. The third kappa shape index (κ3) is 4.02. The van der Waals surface area contributed by atoms with Gasteiger partial charge in [-0.2, -0.15) is 5.26 Å². The quantitative estimate of drug-likeness (QED) is 0.731. The first kappa shape index (κ1) is 18.1.